The van der Waals surface area contributed by atoms with Crippen molar-refractivity contribution in [2.45, 2.75) is 26.3 Å². The smallest absolute Gasteiger partial charge is 0.295 e. The number of likely N-dealkylation sites (tertiary alicyclic amines) is 1. The topological polar surface area (TPSA) is 103 Å². The van der Waals surface area contributed by atoms with Crippen LogP contribution in [-0.2, 0) is 9.59 Å². The standard InChI is InChI=1S/C19H24N4O4/c1-11-14(12(2)21-20-11)17(24)15-16(13-7-5-10-27-13)23(19(26)18(15)25)9-6-8-22(3)4/h5,7,10,16,24H,6,8-9H2,1-4H3,(H,20,21). The first-order chi connectivity index (χ1) is 12.8. The van der Waals surface area contributed by atoms with Crippen molar-refractivity contribution in [2.24, 2.45) is 0 Å². The van der Waals surface area contributed by atoms with Crippen LogP contribution in [0.5, 0.6) is 0 Å². The van der Waals surface area contributed by atoms with E-state index in [2.05, 4.69) is 10.2 Å². The predicted octanol–water partition coefficient (Wildman–Crippen LogP) is 1.99. The molecule has 1 aliphatic heterocycles. The molecule has 27 heavy (non-hydrogen) atoms. The normalized spacial score (nSPS) is 19.4. The van der Waals surface area contributed by atoms with Crippen LogP contribution in [-0.4, -0.2) is 64.0 Å². The zero-order chi connectivity index (χ0) is 19.7. The average molecular weight is 372 g/mol. The van der Waals surface area contributed by atoms with Gasteiger partial charge in [-0.15, -0.1) is 0 Å². The second-order valence-electron chi connectivity index (χ2n) is 6.97. The molecule has 1 amide bonds. The first-order valence-electron chi connectivity index (χ1n) is 8.81. The minimum absolute atomic E-state index is 0.0346. The fourth-order valence-electron chi connectivity index (χ4n) is 3.45. The van der Waals surface area contributed by atoms with E-state index in [9.17, 15) is 14.7 Å². The number of aromatic nitrogens is 2. The quantitative estimate of drug-likeness (QED) is 0.457. The second-order valence-corrected chi connectivity index (χ2v) is 6.97. The number of carbonyl (C=O) groups is 2. The Morgan fingerprint density at radius 3 is 2.67 bits per heavy atom. The lowest BCUT2D eigenvalue weighted by Crippen LogP contribution is -2.32. The van der Waals surface area contributed by atoms with Gasteiger partial charge in [-0.25, -0.2) is 0 Å². The Hall–Kier alpha value is -2.87. The van der Waals surface area contributed by atoms with E-state index < -0.39 is 17.7 Å². The van der Waals surface area contributed by atoms with E-state index in [-0.39, 0.29) is 11.3 Å². The number of aliphatic hydroxyl groups is 1. The number of H-pyrrole nitrogens is 1. The van der Waals surface area contributed by atoms with Crippen molar-refractivity contribution in [3.8, 4) is 0 Å². The maximum Gasteiger partial charge on any atom is 0.295 e. The lowest BCUT2D eigenvalue weighted by atomic mass is 9.98. The van der Waals surface area contributed by atoms with Crippen LogP contribution in [0.1, 0.15) is 35.2 Å². The van der Waals surface area contributed by atoms with Gasteiger partial charge in [-0.2, -0.15) is 5.10 Å². The summed E-state index contributed by atoms with van der Waals surface area (Å²) in [5, 5.41) is 17.8. The molecule has 2 aromatic rings. The zero-order valence-electron chi connectivity index (χ0n) is 15.9. The molecule has 2 aromatic heterocycles. The lowest BCUT2D eigenvalue weighted by Gasteiger charge is -2.24. The molecular formula is C19H24N4O4. The minimum atomic E-state index is -0.754. The third-order valence-electron chi connectivity index (χ3n) is 4.72. The first-order valence-corrected chi connectivity index (χ1v) is 8.81. The van der Waals surface area contributed by atoms with Gasteiger partial charge in [0.1, 0.15) is 17.6 Å². The van der Waals surface area contributed by atoms with Gasteiger partial charge in [0.15, 0.2) is 0 Å². The van der Waals surface area contributed by atoms with E-state index in [4.69, 9.17) is 4.42 Å². The maximum absolute atomic E-state index is 12.8. The lowest BCUT2D eigenvalue weighted by molar-refractivity contribution is -0.140. The molecular weight excluding hydrogens is 348 g/mol. The summed E-state index contributed by atoms with van der Waals surface area (Å²) in [6.45, 7) is 4.64. The van der Waals surface area contributed by atoms with Crippen LogP contribution in [0.15, 0.2) is 28.4 Å². The van der Waals surface area contributed by atoms with Gasteiger partial charge in [0.05, 0.1) is 23.1 Å². The SMILES string of the molecule is Cc1n[nH]c(C)c1C(O)=C1C(=O)C(=O)N(CCCN(C)C)C1c1ccco1. The van der Waals surface area contributed by atoms with E-state index in [1.807, 2.05) is 19.0 Å². The number of rotatable bonds is 6. The highest BCUT2D eigenvalue weighted by Gasteiger charge is 2.47. The van der Waals surface area contributed by atoms with E-state index >= 15 is 0 Å². The number of aliphatic hydroxyl groups excluding tert-OH is 1. The maximum atomic E-state index is 12.8. The second kappa shape index (κ2) is 7.40. The van der Waals surface area contributed by atoms with E-state index in [1.165, 1.54) is 11.2 Å². The molecule has 3 rings (SSSR count). The van der Waals surface area contributed by atoms with Gasteiger partial charge < -0.3 is 19.3 Å². The van der Waals surface area contributed by atoms with Crippen LogP contribution in [0.2, 0.25) is 0 Å². The monoisotopic (exact) mass is 372 g/mol. The molecule has 1 unspecified atom stereocenters. The first kappa shape index (κ1) is 18.9. The van der Waals surface area contributed by atoms with Crippen molar-refractivity contribution in [3.63, 3.8) is 0 Å². The Labute approximate surface area is 157 Å². The summed E-state index contributed by atoms with van der Waals surface area (Å²) in [5.74, 6) is -1.12. The highest BCUT2D eigenvalue weighted by molar-refractivity contribution is 6.46. The van der Waals surface area contributed by atoms with Crippen LogP contribution >= 0.6 is 0 Å². The van der Waals surface area contributed by atoms with Crippen molar-refractivity contribution in [1.82, 2.24) is 20.0 Å². The zero-order valence-corrected chi connectivity index (χ0v) is 15.9. The van der Waals surface area contributed by atoms with Crippen molar-refractivity contribution < 1.29 is 19.1 Å². The summed E-state index contributed by atoms with van der Waals surface area (Å²) in [5.41, 5.74) is 1.66. The van der Waals surface area contributed by atoms with Gasteiger partial charge in [-0.1, -0.05) is 0 Å². The van der Waals surface area contributed by atoms with Gasteiger partial charge >= 0.3 is 0 Å². The summed E-state index contributed by atoms with van der Waals surface area (Å²) in [4.78, 5) is 29.0. The molecule has 0 radical (unpaired) electrons. The van der Waals surface area contributed by atoms with Crippen LogP contribution in [0.3, 0.4) is 0 Å². The third kappa shape index (κ3) is 3.40. The summed E-state index contributed by atoms with van der Waals surface area (Å²) in [6, 6.07) is 2.65. The molecule has 8 heteroatoms. The minimum Gasteiger partial charge on any atom is -0.507 e. The predicted molar refractivity (Wildman–Crippen MR) is 99.0 cm³/mol. The fourth-order valence-corrected chi connectivity index (χ4v) is 3.45. The van der Waals surface area contributed by atoms with Crippen molar-refractivity contribution in [1.29, 1.82) is 0 Å². The molecule has 144 valence electrons. The number of ketones is 1. The molecule has 2 N–H and O–H groups in total. The van der Waals surface area contributed by atoms with Crippen LogP contribution in [0.4, 0.5) is 0 Å². The molecule has 1 saturated heterocycles. The Morgan fingerprint density at radius 1 is 1.37 bits per heavy atom. The molecule has 1 atom stereocenters. The number of furan rings is 1. The average Bonchev–Trinajstić information content (AvgIpc) is 3.30. The summed E-state index contributed by atoms with van der Waals surface area (Å²) >= 11 is 0. The van der Waals surface area contributed by atoms with Gasteiger partial charge in [0, 0.05) is 12.2 Å². The highest BCUT2D eigenvalue weighted by Crippen LogP contribution is 2.40. The molecule has 3 heterocycles. The number of aryl methyl sites for hydroxylation is 2. The summed E-state index contributed by atoms with van der Waals surface area (Å²) < 4.78 is 5.50. The van der Waals surface area contributed by atoms with Crippen LogP contribution in [0.25, 0.3) is 5.76 Å². The molecule has 1 fully saturated rings. The Kier molecular flexibility index (Phi) is 5.18. The molecule has 0 saturated carbocycles. The fraction of sp³-hybridized carbons (Fsp3) is 0.421. The number of amides is 1. The molecule has 0 spiro atoms. The number of Topliss-reactive ketones (excluding diaryl/α,β-unsaturated/α-hetero) is 1. The van der Waals surface area contributed by atoms with Gasteiger partial charge in [-0.05, 0) is 53.0 Å². The van der Waals surface area contributed by atoms with Crippen molar-refractivity contribution in [3.05, 3.63) is 46.7 Å². The van der Waals surface area contributed by atoms with Crippen LogP contribution < -0.4 is 0 Å². The van der Waals surface area contributed by atoms with Gasteiger partial charge in [-0.3, -0.25) is 14.7 Å². The summed E-state index contributed by atoms with van der Waals surface area (Å²) in [7, 11) is 3.89. The summed E-state index contributed by atoms with van der Waals surface area (Å²) in [6.07, 6.45) is 2.19. The number of nitrogens with zero attached hydrogens (tertiary/aromatic N) is 3. The Morgan fingerprint density at radius 2 is 2.11 bits per heavy atom. The van der Waals surface area contributed by atoms with E-state index in [0.717, 1.165) is 6.54 Å². The Balaban J connectivity index is 2.08. The highest BCUT2D eigenvalue weighted by atomic mass is 16.3. The molecule has 0 aliphatic carbocycles. The molecule has 0 aromatic carbocycles. The van der Waals surface area contributed by atoms with Crippen molar-refractivity contribution in [2.75, 3.05) is 27.2 Å². The largest absolute Gasteiger partial charge is 0.507 e. The number of carbonyl (C=O) groups excluding carboxylic acids is 2. The molecule has 1 aliphatic rings. The number of hydrogen-bond donors (Lipinski definition) is 2. The van der Waals surface area contributed by atoms with Crippen LogP contribution in [0, 0.1) is 13.8 Å². The Bertz CT molecular complexity index is 860. The third-order valence-corrected chi connectivity index (χ3v) is 4.72. The molecule has 8 nitrogen and oxygen atoms in total. The van der Waals surface area contributed by atoms with Gasteiger partial charge in [0.2, 0.25) is 0 Å². The van der Waals surface area contributed by atoms with Crippen molar-refractivity contribution >= 4 is 17.4 Å². The number of hydrogen-bond acceptors (Lipinski definition) is 6. The molecule has 0 bridgehead atoms. The van der Waals surface area contributed by atoms with Gasteiger partial charge in [0.25, 0.3) is 11.7 Å². The van der Waals surface area contributed by atoms with E-state index in [1.54, 1.807) is 26.0 Å². The number of nitrogens with one attached hydrogen (secondary N) is 1. The number of aromatic amines is 1. The van der Waals surface area contributed by atoms with E-state index in [0.29, 0.717) is 35.7 Å².